The lowest BCUT2D eigenvalue weighted by Crippen LogP contribution is -2.21. The van der Waals surface area contributed by atoms with E-state index in [-0.39, 0.29) is 5.56 Å². The van der Waals surface area contributed by atoms with Crippen LogP contribution in [0.1, 0.15) is 15.9 Å². The van der Waals surface area contributed by atoms with Crippen molar-refractivity contribution < 1.29 is 18.3 Å². The number of rotatable bonds is 3. The zero-order valence-corrected chi connectivity index (χ0v) is 13.1. The largest absolute Gasteiger partial charge is 0.497 e. The number of amides is 1. The molecule has 0 fully saturated rings. The molecular weight excluding hydrogens is 313 g/mol. The molecule has 122 valence electrons. The van der Waals surface area contributed by atoms with Gasteiger partial charge in [0.2, 0.25) is 0 Å². The topological polar surface area (TPSA) is 68.5 Å². The standard InChI is InChI=1S/C18H14FNO4/c1-10-3-4-12(19)9-15(10)20-17(21)14-8-11-7-13(23-2)5-6-16(11)24-18(14)22/h3-9H,1-2H3,(H,20,21). The molecule has 0 bridgehead atoms. The molecule has 0 aliphatic carbocycles. The Morgan fingerprint density at radius 2 is 1.96 bits per heavy atom. The molecule has 1 aromatic heterocycles. The minimum Gasteiger partial charge on any atom is -0.497 e. The van der Waals surface area contributed by atoms with Crippen LogP contribution in [0.15, 0.2) is 51.7 Å². The predicted molar refractivity (Wildman–Crippen MR) is 88.1 cm³/mol. The highest BCUT2D eigenvalue weighted by Crippen LogP contribution is 2.21. The van der Waals surface area contributed by atoms with Crippen LogP contribution in [0.2, 0.25) is 0 Å². The summed E-state index contributed by atoms with van der Waals surface area (Å²) in [4.78, 5) is 24.4. The Morgan fingerprint density at radius 1 is 1.17 bits per heavy atom. The van der Waals surface area contributed by atoms with E-state index < -0.39 is 17.3 Å². The lowest BCUT2D eigenvalue weighted by Gasteiger charge is -2.08. The molecule has 1 heterocycles. The predicted octanol–water partition coefficient (Wildman–Crippen LogP) is 3.50. The molecule has 3 rings (SSSR count). The molecule has 0 saturated heterocycles. The Hall–Kier alpha value is -3.15. The van der Waals surface area contributed by atoms with E-state index in [1.165, 1.54) is 25.3 Å². The molecule has 0 aliphatic heterocycles. The van der Waals surface area contributed by atoms with Gasteiger partial charge < -0.3 is 14.5 Å². The van der Waals surface area contributed by atoms with E-state index in [0.29, 0.717) is 28.0 Å². The Morgan fingerprint density at radius 3 is 2.71 bits per heavy atom. The summed E-state index contributed by atoms with van der Waals surface area (Å²) in [5.74, 6) is -0.572. The van der Waals surface area contributed by atoms with Crippen molar-refractivity contribution in [3.63, 3.8) is 0 Å². The smallest absolute Gasteiger partial charge is 0.349 e. The van der Waals surface area contributed by atoms with Gasteiger partial charge in [-0.15, -0.1) is 0 Å². The average Bonchev–Trinajstić information content (AvgIpc) is 2.57. The van der Waals surface area contributed by atoms with Gasteiger partial charge in [0.1, 0.15) is 22.7 Å². The summed E-state index contributed by atoms with van der Waals surface area (Å²) in [6.07, 6.45) is 0. The molecule has 0 radical (unpaired) electrons. The lowest BCUT2D eigenvalue weighted by molar-refractivity contribution is 0.102. The molecule has 0 unspecified atom stereocenters. The SMILES string of the molecule is COc1ccc2oc(=O)c(C(=O)Nc3cc(F)ccc3C)cc2c1. The summed E-state index contributed by atoms with van der Waals surface area (Å²) in [5, 5.41) is 3.08. The van der Waals surface area contributed by atoms with Gasteiger partial charge in [-0.1, -0.05) is 6.07 Å². The lowest BCUT2D eigenvalue weighted by atomic mass is 10.1. The Balaban J connectivity index is 2.01. The molecule has 2 aromatic carbocycles. The molecule has 1 N–H and O–H groups in total. The van der Waals surface area contributed by atoms with E-state index in [4.69, 9.17) is 9.15 Å². The number of anilines is 1. The van der Waals surface area contributed by atoms with Crippen molar-refractivity contribution in [1.29, 1.82) is 0 Å². The van der Waals surface area contributed by atoms with Gasteiger partial charge in [-0.05, 0) is 48.9 Å². The highest BCUT2D eigenvalue weighted by atomic mass is 19.1. The van der Waals surface area contributed by atoms with Crippen molar-refractivity contribution >= 4 is 22.6 Å². The van der Waals surface area contributed by atoms with E-state index >= 15 is 0 Å². The third-order valence-corrected chi connectivity index (χ3v) is 3.63. The van der Waals surface area contributed by atoms with Gasteiger partial charge in [0, 0.05) is 11.1 Å². The van der Waals surface area contributed by atoms with Crippen molar-refractivity contribution in [2.45, 2.75) is 6.92 Å². The summed E-state index contributed by atoms with van der Waals surface area (Å²) in [6, 6.07) is 10.4. The fourth-order valence-corrected chi connectivity index (χ4v) is 2.31. The van der Waals surface area contributed by atoms with Crippen molar-refractivity contribution in [3.05, 3.63) is 69.8 Å². The molecule has 0 saturated carbocycles. The normalized spacial score (nSPS) is 10.6. The first-order valence-electron chi connectivity index (χ1n) is 7.17. The molecule has 3 aromatic rings. The quantitative estimate of drug-likeness (QED) is 0.748. The third-order valence-electron chi connectivity index (χ3n) is 3.63. The van der Waals surface area contributed by atoms with E-state index in [9.17, 15) is 14.0 Å². The van der Waals surface area contributed by atoms with E-state index in [1.807, 2.05) is 0 Å². The first-order chi connectivity index (χ1) is 11.5. The maximum absolute atomic E-state index is 13.3. The second-order valence-corrected chi connectivity index (χ2v) is 5.26. The van der Waals surface area contributed by atoms with E-state index in [0.717, 1.165) is 0 Å². The summed E-state index contributed by atoms with van der Waals surface area (Å²) in [6.45, 7) is 1.72. The minimum atomic E-state index is -0.765. The number of methoxy groups -OCH3 is 1. The first-order valence-corrected chi connectivity index (χ1v) is 7.17. The van der Waals surface area contributed by atoms with Crippen LogP contribution < -0.4 is 15.7 Å². The molecule has 0 atom stereocenters. The van der Waals surface area contributed by atoms with Crippen LogP contribution in [0.5, 0.6) is 5.75 Å². The Kier molecular flexibility index (Phi) is 4.04. The number of nitrogens with one attached hydrogen (secondary N) is 1. The molecule has 5 nitrogen and oxygen atoms in total. The fraction of sp³-hybridized carbons (Fsp3) is 0.111. The number of ether oxygens (including phenoxy) is 1. The molecular formula is C18H14FNO4. The minimum absolute atomic E-state index is 0.167. The monoisotopic (exact) mass is 327 g/mol. The van der Waals surface area contributed by atoms with Crippen LogP contribution in [0.25, 0.3) is 11.0 Å². The summed E-state index contributed by atoms with van der Waals surface area (Å²) < 4.78 is 23.6. The molecule has 0 spiro atoms. The molecule has 6 heteroatoms. The highest BCUT2D eigenvalue weighted by Gasteiger charge is 2.15. The number of aryl methyl sites for hydroxylation is 1. The van der Waals surface area contributed by atoms with E-state index in [1.54, 1.807) is 31.2 Å². The van der Waals surface area contributed by atoms with Crippen LogP contribution in [0.3, 0.4) is 0 Å². The van der Waals surface area contributed by atoms with Gasteiger partial charge in [0.05, 0.1) is 7.11 Å². The number of fused-ring (bicyclic) bond motifs is 1. The van der Waals surface area contributed by atoms with Crippen molar-refractivity contribution in [3.8, 4) is 5.75 Å². The van der Waals surface area contributed by atoms with Crippen LogP contribution in [0.4, 0.5) is 10.1 Å². The maximum atomic E-state index is 13.3. The number of hydrogen-bond donors (Lipinski definition) is 1. The Labute approximate surface area is 136 Å². The second kappa shape index (κ2) is 6.16. The van der Waals surface area contributed by atoms with Gasteiger partial charge >= 0.3 is 5.63 Å². The third kappa shape index (κ3) is 2.99. The molecule has 24 heavy (non-hydrogen) atoms. The maximum Gasteiger partial charge on any atom is 0.349 e. The number of benzene rings is 2. The van der Waals surface area contributed by atoms with Gasteiger partial charge in [-0.2, -0.15) is 0 Å². The van der Waals surface area contributed by atoms with Crippen LogP contribution in [0, 0.1) is 12.7 Å². The Bertz CT molecular complexity index is 994. The van der Waals surface area contributed by atoms with Gasteiger partial charge in [-0.3, -0.25) is 4.79 Å². The van der Waals surface area contributed by atoms with Crippen molar-refractivity contribution in [2.75, 3.05) is 12.4 Å². The highest BCUT2D eigenvalue weighted by molar-refractivity contribution is 6.05. The van der Waals surface area contributed by atoms with Crippen molar-refractivity contribution in [2.24, 2.45) is 0 Å². The average molecular weight is 327 g/mol. The first kappa shape index (κ1) is 15.7. The number of halogens is 1. The number of carbonyl (C=O) groups excluding carboxylic acids is 1. The van der Waals surface area contributed by atoms with Gasteiger partial charge in [0.15, 0.2) is 0 Å². The fourth-order valence-electron chi connectivity index (χ4n) is 2.31. The number of hydrogen-bond acceptors (Lipinski definition) is 4. The van der Waals surface area contributed by atoms with Crippen molar-refractivity contribution in [1.82, 2.24) is 0 Å². The van der Waals surface area contributed by atoms with Crippen LogP contribution in [-0.4, -0.2) is 13.0 Å². The van der Waals surface area contributed by atoms with Gasteiger partial charge in [0.25, 0.3) is 5.91 Å². The molecule has 1 amide bonds. The summed E-state index contributed by atoms with van der Waals surface area (Å²) in [7, 11) is 1.51. The zero-order valence-electron chi connectivity index (χ0n) is 13.1. The second-order valence-electron chi connectivity index (χ2n) is 5.26. The zero-order chi connectivity index (χ0) is 17.3. The summed E-state index contributed by atoms with van der Waals surface area (Å²) >= 11 is 0. The molecule has 0 aliphatic rings. The van der Waals surface area contributed by atoms with Gasteiger partial charge in [-0.25, -0.2) is 9.18 Å². The van der Waals surface area contributed by atoms with Crippen LogP contribution in [-0.2, 0) is 0 Å². The summed E-state index contributed by atoms with van der Waals surface area (Å²) in [5.41, 5.74) is 0.389. The van der Waals surface area contributed by atoms with E-state index in [2.05, 4.69) is 5.32 Å². The number of carbonyl (C=O) groups is 1. The van der Waals surface area contributed by atoms with Crippen LogP contribution >= 0.6 is 0 Å².